The molecule has 13 rings (SSSR count). The Morgan fingerprint density at radius 1 is 0.236 bits per heavy atom. The molecule has 0 radical (unpaired) electrons. The molecular weight excluding hydrogens is 869 g/mol. The van der Waals surface area contributed by atoms with E-state index in [0.29, 0.717) is 0 Å². The van der Waals surface area contributed by atoms with Gasteiger partial charge in [-0.25, -0.2) is 0 Å². The van der Waals surface area contributed by atoms with E-state index in [1.807, 2.05) is 0 Å². The van der Waals surface area contributed by atoms with Gasteiger partial charge in [0, 0.05) is 33.5 Å². The van der Waals surface area contributed by atoms with Gasteiger partial charge >= 0.3 is 0 Å². The van der Waals surface area contributed by atoms with Crippen molar-refractivity contribution in [3.63, 3.8) is 0 Å². The van der Waals surface area contributed by atoms with Crippen molar-refractivity contribution in [2.45, 2.75) is 0 Å². The van der Waals surface area contributed by atoms with Gasteiger partial charge in [-0.05, 0) is 162 Å². The summed E-state index contributed by atoms with van der Waals surface area (Å²) in [6, 6.07) is 106. The molecular formula is C70H48N2. The van der Waals surface area contributed by atoms with Gasteiger partial charge in [0.2, 0.25) is 0 Å². The van der Waals surface area contributed by atoms with E-state index in [1.54, 1.807) is 0 Å². The maximum absolute atomic E-state index is 2.42. The Morgan fingerprint density at radius 2 is 0.667 bits per heavy atom. The van der Waals surface area contributed by atoms with Gasteiger partial charge < -0.3 is 9.47 Å². The third-order valence-corrected chi connectivity index (χ3v) is 14.1. The number of fused-ring (bicyclic) bond motifs is 4. The molecule has 0 atom stereocenters. The van der Waals surface area contributed by atoms with Crippen LogP contribution in [0.15, 0.2) is 291 Å². The van der Waals surface area contributed by atoms with Gasteiger partial charge in [0.15, 0.2) is 0 Å². The summed E-state index contributed by atoms with van der Waals surface area (Å²) in [5.41, 5.74) is 21.0. The average Bonchev–Trinajstić information content (AvgIpc) is 3.79. The predicted molar refractivity (Wildman–Crippen MR) is 306 cm³/mol. The lowest BCUT2D eigenvalue weighted by atomic mass is 9.93. The lowest BCUT2D eigenvalue weighted by molar-refractivity contribution is 1.18. The van der Waals surface area contributed by atoms with E-state index < -0.39 is 0 Å². The zero-order valence-electron chi connectivity index (χ0n) is 39.6. The highest BCUT2D eigenvalue weighted by Crippen LogP contribution is 2.44. The number of para-hydroxylation sites is 1. The van der Waals surface area contributed by atoms with E-state index >= 15 is 0 Å². The van der Waals surface area contributed by atoms with Crippen LogP contribution in [-0.4, -0.2) is 4.57 Å². The minimum Gasteiger partial charge on any atom is -0.310 e. The second kappa shape index (κ2) is 18.4. The molecule has 0 aliphatic heterocycles. The Hall–Kier alpha value is -9.50. The summed E-state index contributed by atoms with van der Waals surface area (Å²) in [4.78, 5) is 2.40. The van der Waals surface area contributed by atoms with Gasteiger partial charge in [0.05, 0.1) is 11.0 Å². The molecule has 0 saturated carbocycles. The predicted octanol–water partition coefficient (Wildman–Crippen LogP) is 19.4. The molecule has 0 fully saturated rings. The summed E-state index contributed by atoms with van der Waals surface area (Å²) < 4.78 is 2.42. The number of benzene rings is 12. The molecule has 1 heterocycles. The van der Waals surface area contributed by atoms with Crippen molar-refractivity contribution in [1.29, 1.82) is 0 Å². The summed E-state index contributed by atoms with van der Waals surface area (Å²) in [5, 5.41) is 4.93. The van der Waals surface area contributed by atoms with E-state index in [0.717, 1.165) is 33.9 Å². The molecule has 0 spiro atoms. The lowest BCUT2D eigenvalue weighted by Gasteiger charge is -2.27. The second-order valence-corrected chi connectivity index (χ2v) is 18.5. The smallest absolute Gasteiger partial charge is 0.0547 e. The Morgan fingerprint density at radius 3 is 1.25 bits per heavy atom. The molecule has 338 valence electrons. The van der Waals surface area contributed by atoms with Crippen LogP contribution in [0, 0.1) is 0 Å². The molecule has 0 N–H and O–H groups in total. The molecule has 72 heavy (non-hydrogen) atoms. The number of aromatic nitrogens is 1. The van der Waals surface area contributed by atoms with Gasteiger partial charge in [-0.3, -0.25) is 0 Å². The first-order chi connectivity index (χ1) is 35.7. The van der Waals surface area contributed by atoms with Gasteiger partial charge in [-0.15, -0.1) is 0 Å². The van der Waals surface area contributed by atoms with Crippen LogP contribution in [0.1, 0.15) is 0 Å². The SMILES string of the molecule is c1ccc(-c2cc(-c3ccccc3)cc(-c3ccc(N(c4ccc(-c5ccccc5-c5ccccc5)cc4)c4cccc(-c5cccc6c5c5cc7ccccc7cc5n6-c5ccccc5)c4)cc3)c2)cc1. The first-order valence-corrected chi connectivity index (χ1v) is 24.7. The van der Waals surface area contributed by atoms with Gasteiger partial charge in [-0.2, -0.15) is 0 Å². The monoisotopic (exact) mass is 916 g/mol. The van der Waals surface area contributed by atoms with Gasteiger partial charge in [-0.1, -0.05) is 206 Å². The zero-order chi connectivity index (χ0) is 47.8. The highest BCUT2D eigenvalue weighted by molar-refractivity contribution is 6.18. The fourth-order valence-corrected chi connectivity index (χ4v) is 10.7. The lowest BCUT2D eigenvalue weighted by Crippen LogP contribution is -2.10. The molecule has 13 aromatic rings. The van der Waals surface area contributed by atoms with Crippen molar-refractivity contribution in [2.75, 3.05) is 4.90 Å². The first-order valence-electron chi connectivity index (χ1n) is 24.7. The quantitative estimate of drug-likeness (QED) is 0.133. The summed E-state index contributed by atoms with van der Waals surface area (Å²) in [7, 11) is 0. The van der Waals surface area contributed by atoms with Crippen molar-refractivity contribution in [3.8, 4) is 72.4 Å². The van der Waals surface area contributed by atoms with Crippen molar-refractivity contribution in [3.05, 3.63) is 291 Å². The van der Waals surface area contributed by atoms with Crippen molar-refractivity contribution in [1.82, 2.24) is 4.57 Å². The highest BCUT2D eigenvalue weighted by Gasteiger charge is 2.20. The fourth-order valence-electron chi connectivity index (χ4n) is 10.7. The van der Waals surface area contributed by atoms with Crippen LogP contribution in [0.2, 0.25) is 0 Å². The maximum atomic E-state index is 2.42. The molecule has 1 aromatic heterocycles. The van der Waals surface area contributed by atoms with Crippen LogP contribution in [0.3, 0.4) is 0 Å². The third kappa shape index (κ3) is 7.92. The van der Waals surface area contributed by atoms with E-state index in [2.05, 4.69) is 301 Å². The van der Waals surface area contributed by atoms with E-state index in [1.165, 1.54) is 88.2 Å². The molecule has 12 aromatic carbocycles. The zero-order valence-corrected chi connectivity index (χ0v) is 39.6. The average molecular weight is 917 g/mol. The number of hydrogen-bond donors (Lipinski definition) is 0. The summed E-state index contributed by atoms with van der Waals surface area (Å²) in [5.74, 6) is 0. The largest absolute Gasteiger partial charge is 0.310 e. The normalized spacial score (nSPS) is 11.3. The van der Waals surface area contributed by atoms with Crippen molar-refractivity contribution >= 4 is 49.6 Å². The minimum absolute atomic E-state index is 1.07. The standard InChI is InChI=1S/C70H48N2/c1-5-19-49(20-6-1)57-43-58(50-21-7-2-8-22-50)45-59(44-57)51-35-39-61(40-36-51)71(62-41-37-53(38-42-62)65-32-16-15-31-64(65)52-23-9-3-10-24-52)63-30-17-27-56(46-63)66-33-18-34-68-70(66)67-47-54-25-13-14-26-55(54)48-69(67)72(68)60-28-11-4-12-29-60/h1-48H. The van der Waals surface area contributed by atoms with Crippen LogP contribution in [0.25, 0.3) is 105 Å². The van der Waals surface area contributed by atoms with Crippen LogP contribution in [0.4, 0.5) is 17.1 Å². The summed E-state index contributed by atoms with van der Waals surface area (Å²) >= 11 is 0. The number of nitrogens with zero attached hydrogens (tertiary/aromatic N) is 2. The Balaban J connectivity index is 0.959. The van der Waals surface area contributed by atoms with Crippen LogP contribution in [-0.2, 0) is 0 Å². The van der Waals surface area contributed by atoms with Crippen molar-refractivity contribution < 1.29 is 0 Å². The Kier molecular flexibility index (Phi) is 10.9. The van der Waals surface area contributed by atoms with Gasteiger partial charge in [0.25, 0.3) is 0 Å². The minimum atomic E-state index is 1.07. The number of hydrogen-bond acceptors (Lipinski definition) is 1. The van der Waals surface area contributed by atoms with Crippen LogP contribution < -0.4 is 4.90 Å². The molecule has 0 aliphatic rings. The Labute approximate surface area is 420 Å². The fraction of sp³-hybridized carbons (Fsp3) is 0. The summed E-state index contributed by atoms with van der Waals surface area (Å²) in [6.07, 6.45) is 0. The molecule has 0 unspecified atom stereocenters. The highest BCUT2D eigenvalue weighted by atomic mass is 15.1. The van der Waals surface area contributed by atoms with E-state index in [9.17, 15) is 0 Å². The Bertz CT molecular complexity index is 3990. The third-order valence-electron chi connectivity index (χ3n) is 14.1. The molecule has 2 nitrogen and oxygen atoms in total. The molecule has 0 saturated heterocycles. The number of rotatable bonds is 10. The van der Waals surface area contributed by atoms with E-state index in [-0.39, 0.29) is 0 Å². The first kappa shape index (κ1) is 42.6. The molecule has 2 heteroatoms. The van der Waals surface area contributed by atoms with Crippen molar-refractivity contribution in [2.24, 2.45) is 0 Å². The topological polar surface area (TPSA) is 8.17 Å². The second-order valence-electron chi connectivity index (χ2n) is 18.5. The van der Waals surface area contributed by atoms with E-state index in [4.69, 9.17) is 0 Å². The maximum Gasteiger partial charge on any atom is 0.0547 e. The summed E-state index contributed by atoms with van der Waals surface area (Å²) in [6.45, 7) is 0. The molecule has 0 amide bonds. The van der Waals surface area contributed by atoms with Crippen LogP contribution in [0.5, 0.6) is 0 Å². The van der Waals surface area contributed by atoms with Crippen LogP contribution >= 0.6 is 0 Å². The molecule has 0 bridgehead atoms. The molecule has 0 aliphatic carbocycles. The number of anilines is 3. The van der Waals surface area contributed by atoms with Gasteiger partial charge in [0.1, 0.15) is 0 Å².